The van der Waals surface area contributed by atoms with Crippen molar-refractivity contribution in [1.29, 1.82) is 0 Å². The van der Waals surface area contributed by atoms with Crippen LogP contribution in [-0.4, -0.2) is 48.8 Å². The second kappa shape index (κ2) is 10.1. The maximum Gasteiger partial charge on any atom is 0.0446 e. The fraction of sp³-hybridized carbons (Fsp3) is 1.00. The maximum absolute atomic E-state index is 9.04. The van der Waals surface area contributed by atoms with E-state index in [2.05, 4.69) is 38.0 Å². The fourth-order valence-corrected chi connectivity index (χ4v) is 2.17. The summed E-state index contributed by atoms with van der Waals surface area (Å²) in [6.07, 6.45) is 4.40. The van der Waals surface area contributed by atoms with E-state index in [1.165, 1.54) is 12.8 Å². The summed E-state index contributed by atoms with van der Waals surface area (Å²) in [4.78, 5) is 2.42. The minimum atomic E-state index is 0.276. The average molecular weight is 230 g/mol. The molecule has 16 heavy (non-hydrogen) atoms. The topological polar surface area (TPSA) is 35.5 Å². The summed E-state index contributed by atoms with van der Waals surface area (Å²) >= 11 is 0. The first-order chi connectivity index (χ1) is 7.69. The van der Waals surface area contributed by atoms with E-state index in [1.807, 2.05) is 0 Å². The molecule has 3 heteroatoms. The molecule has 0 aromatic heterocycles. The zero-order valence-electron chi connectivity index (χ0n) is 11.5. The lowest BCUT2D eigenvalue weighted by atomic mass is 10.1. The van der Waals surface area contributed by atoms with Crippen molar-refractivity contribution in [2.24, 2.45) is 0 Å². The summed E-state index contributed by atoms with van der Waals surface area (Å²) in [6.45, 7) is 9.01. The van der Waals surface area contributed by atoms with Gasteiger partial charge in [-0.15, -0.1) is 0 Å². The highest BCUT2D eigenvalue weighted by molar-refractivity contribution is 4.74. The van der Waals surface area contributed by atoms with E-state index in [0.717, 1.165) is 25.9 Å². The molecule has 0 saturated carbocycles. The Bertz CT molecular complexity index is 149. The summed E-state index contributed by atoms with van der Waals surface area (Å²) in [5.74, 6) is 0. The predicted octanol–water partition coefficient (Wildman–Crippen LogP) is 1.86. The first kappa shape index (κ1) is 15.9. The molecule has 3 nitrogen and oxygen atoms in total. The van der Waals surface area contributed by atoms with Crippen LogP contribution in [0.25, 0.3) is 0 Å². The molecule has 2 N–H and O–H groups in total. The number of rotatable bonds is 10. The van der Waals surface area contributed by atoms with Crippen LogP contribution in [0.15, 0.2) is 0 Å². The second-order valence-corrected chi connectivity index (χ2v) is 4.57. The smallest absolute Gasteiger partial charge is 0.0446 e. The third kappa shape index (κ3) is 6.46. The first-order valence-electron chi connectivity index (χ1n) is 6.73. The van der Waals surface area contributed by atoms with Gasteiger partial charge in [0, 0.05) is 25.2 Å². The van der Waals surface area contributed by atoms with Crippen molar-refractivity contribution in [2.75, 3.05) is 26.7 Å². The van der Waals surface area contributed by atoms with Gasteiger partial charge in [0.1, 0.15) is 0 Å². The van der Waals surface area contributed by atoms with Crippen molar-refractivity contribution in [3.05, 3.63) is 0 Å². The Morgan fingerprint density at radius 3 is 2.25 bits per heavy atom. The van der Waals surface area contributed by atoms with Gasteiger partial charge in [0.2, 0.25) is 0 Å². The van der Waals surface area contributed by atoms with Crippen molar-refractivity contribution in [3.8, 4) is 0 Å². The summed E-state index contributed by atoms with van der Waals surface area (Å²) in [5.41, 5.74) is 0. The predicted molar refractivity (Wildman–Crippen MR) is 70.8 cm³/mol. The highest BCUT2D eigenvalue weighted by atomic mass is 16.3. The van der Waals surface area contributed by atoms with Crippen LogP contribution in [0.5, 0.6) is 0 Å². The van der Waals surface area contributed by atoms with Crippen molar-refractivity contribution in [1.82, 2.24) is 10.2 Å². The lowest BCUT2D eigenvalue weighted by Gasteiger charge is -2.30. The molecule has 0 fully saturated rings. The third-order valence-corrected chi connectivity index (χ3v) is 3.23. The summed E-state index contributed by atoms with van der Waals surface area (Å²) in [7, 11) is 2.19. The molecule has 98 valence electrons. The Labute approximate surface area is 101 Å². The largest absolute Gasteiger partial charge is 0.396 e. The SMILES string of the molecule is CCCNC(CCO)CN(C)C(CC)CC. The molecule has 0 spiro atoms. The molecule has 0 aliphatic carbocycles. The molecule has 0 amide bonds. The van der Waals surface area contributed by atoms with Crippen LogP contribution in [-0.2, 0) is 0 Å². The number of likely N-dealkylation sites (N-methyl/N-ethyl adjacent to an activating group) is 1. The number of nitrogens with zero attached hydrogens (tertiary/aromatic N) is 1. The standard InChI is InChI=1S/C13H30N2O/c1-5-9-14-12(8-10-16)11-15(4)13(6-2)7-3/h12-14,16H,5-11H2,1-4H3. The second-order valence-electron chi connectivity index (χ2n) is 4.57. The summed E-state index contributed by atoms with van der Waals surface area (Å²) < 4.78 is 0. The van der Waals surface area contributed by atoms with Gasteiger partial charge >= 0.3 is 0 Å². The number of hydrogen-bond donors (Lipinski definition) is 2. The number of aliphatic hydroxyl groups excluding tert-OH is 1. The van der Waals surface area contributed by atoms with Gasteiger partial charge in [-0.2, -0.15) is 0 Å². The van der Waals surface area contributed by atoms with Crippen LogP contribution in [0.1, 0.15) is 46.5 Å². The Kier molecular flexibility index (Phi) is 9.99. The van der Waals surface area contributed by atoms with Crippen molar-refractivity contribution >= 4 is 0 Å². The molecule has 0 aliphatic heterocycles. The normalized spacial score (nSPS) is 13.7. The molecule has 0 aromatic carbocycles. The van der Waals surface area contributed by atoms with Crippen LogP contribution in [0, 0.1) is 0 Å². The van der Waals surface area contributed by atoms with Crippen molar-refractivity contribution in [2.45, 2.75) is 58.5 Å². The Morgan fingerprint density at radius 2 is 1.81 bits per heavy atom. The molecule has 0 rings (SSSR count). The Hall–Kier alpha value is -0.120. The van der Waals surface area contributed by atoms with E-state index >= 15 is 0 Å². The minimum absolute atomic E-state index is 0.276. The molecule has 1 unspecified atom stereocenters. The fourth-order valence-electron chi connectivity index (χ4n) is 2.17. The van der Waals surface area contributed by atoms with Gasteiger partial charge in [-0.25, -0.2) is 0 Å². The summed E-state index contributed by atoms with van der Waals surface area (Å²) in [5, 5.41) is 12.5. The molecule has 0 saturated heterocycles. The number of nitrogens with one attached hydrogen (secondary N) is 1. The van der Waals surface area contributed by atoms with Crippen LogP contribution < -0.4 is 5.32 Å². The van der Waals surface area contributed by atoms with E-state index in [0.29, 0.717) is 12.1 Å². The van der Waals surface area contributed by atoms with Crippen LogP contribution in [0.3, 0.4) is 0 Å². The summed E-state index contributed by atoms with van der Waals surface area (Å²) in [6, 6.07) is 1.10. The van der Waals surface area contributed by atoms with Gasteiger partial charge in [0.25, 0.3) is 0 Å². The molecule has 1 atom stereocenters. The molecular weight excluding hydrogens is 200 g/mol. The van der Waals surface area contributed by atoms with E-state index in [4.69, 9.17) is 5.11 Å². The van der Waals surface area contributed by atoms with Gasteiger partial charge in [0.05, 0.1) is 0 Å². The lowest BCUT2D eigenvalue weighted by Crippen LogP contribution is -2.44. The van der Waals surface area contributed by atoms with Crippen molar-refractivity contribution in [3.63, 3.8) is 0 Å². The van der Waals surface area contributed by atoms with Gasteiger partial charge in [-0.05, 0) is 39.3 Å². The molecule has 0 bridgehead atoms. The van der Waals surface area contributed by atoms with Crippen molar-refractivity contribution < 1.29 is 5.11 Å². The average Bonchev–Trinajstić information content (AvgIpc) is 2.28. The van der Waals surface area contributed by atoms with Gasteiger partial charge in [-0.1, -0.05) is 20.8 Å². The first-order valence-corrected chi connectivity index (χ1v) is 6.73. The van der Waals surface area contributed by atoms with E-state index < -0.39 is 0 Å². The molecule has 0 radical (unpaired) electrons. The van der Waals surface area contributed by atoms with E-state index in [9.17, 15) is 0 Å². The highest BCUT2D eigenvalue weighted by Gasteiger charge is 2.15. The van der Waals surface area contributed by atoms with Gasteiger partial charge < -0.3 is 15.3 Å². The van der Waals surface area contributed by atoms with Crippen LogP contribution in [0.2, 0.25) is 0 Å². The lowest BCUT2D eigenvalue weighted by molar-refractivity contribution is 0.185. The van der Waals surface area contributed by atoms with Crippen LogP contribution in [0.4, 0.5) is 0 Å². The maximum atomic E-state index is 9.04. The Morgan fingerprint density at radius 1 is 1.19 bits per heavy atom. The zero-order valence-corrected chi connectivity index (χ0v) is 11.5. The zero-order chi connectivity index (χ0) is 12.4. The number of hydrogen-bond acceptors (Lipinski definition) is 3. The minimum Gasteiger partial charge on any atom is -0.396 e. The van der Waals surface area contributed by atoms with E-state index in [-0.39, 0.29) is 6.61 Å². The number of aliphatic hydroxyl groups is 1. The van der Waals surface area contributed by atoms with Crippen LogP contribution >= 0.6 is 0 Å². The quantitative estimate of drug-likeness (QED) is 0.601. The van der Waals surface area contributed by atoms with E-state index in [1.54, 1.807) is 0 Å². The van der Waals surface area contributed by atoms with Gasteiger partial charge in [-0.3, -0.25) is 0 Å². The molecule has 0 aliphatic rings. The monoisotopic (exact) mass is 230 g/mol. The third-order valence-electron chi connectivity index (χ3n) is 3.23. The highest BCUT2D eigenvalue weighted by Crippen LogP contribution is 2.07. The molecular formula is C13H30N2O. The molecule has 0 heterocycles. The Balaban J connectivity index is 4.04. The van der Waals surface area contributed by atoms with Gasteiger partial charge in [0.15, 0.2) is 0 Å². The molecule has 0 aromatic rings.